The summed E-state index contributed by atoms with van der Waals surface area (Å²) in [5, 5.41) is 20.9. The summed E-state index contributed by atoms with van der Waals surface area (Å²) in [7, 11) is 0. The van der Waals surface area contributed by atoms with Crippen LogP contribution in [-0.4, -0.2) is 50.5 Å². The van der Waals surface area contributed by atoms with Crippen molar-refractivity contribution in [1.82, 2.24) is 9.80 Å². The fraction of sp³-hybridized carbons (Fsp3) is 0.333. The van der Waals surface area contributed by atoms with Crippen molar-refractivity contribution in [3.63, 3.8) is 0 Å². The van der Waals surface area contributed by atoms with Crippen LogP contribution in [0.2, 0.25) is 5.02 Å². The lowest BCUT2D eigenvalue weighted by Gasteiger charge is -2.34. The summed E-state index contributed by atoms with van der Waals surface area (Å²) in [5.41, 5.74) is 0.169. The number of amides is 1. The molecule has 8 heteroatoms. The number of benzene rings is 1. The highest BCUT2D eigenvalue weighted by molar-refractivity contribution is 6.69. The van der Waals surface area contributed by atoms with E-state index in [1.165, 1.54) is 4.90 Å². The van der Waals surface area contributed by atoms with Crippen molar-refractivity contribution in [3.8, 4) is 0 Å². The van der Waals surface area contributed by atoms with Crippen molar-refractivity contribution in [2.45, 2.75) is 25.9 Å². The Labute approximate surface area is 138 Å². The normalized spacial score (nSPS) is 21.7. The number of amidine groups is 1. The molecule has 0 unspecified atom stereocenters. The van der Waals surface area contributed by atoms with Gasteiger partial charge in [0.05, 0.1) is 18.6 Å². The van der Waals surface area contributed by atoms with Crippen molar-refractivity contribution in [2.24, 2.45) is 10.1 Å². The van der Waals surface area contributed by atoms with Gasteiger partial charge in [0.1, 0.15) is 0 Å². The predicted molar refractivity (Wildman–Crippen MR) is 87.2 cm³/mol. The second kappa shape index (κ2) is 5.34. The number of rotatable bonds is 2. The molecule has 120 valence electrons. The molecule has 0 aromatic heterocycles. The number of hydrogen-bond donors (Lipinski definition) is 2. The maximum atomic E-state index is 12.3. The SMILES string of the molecule is CC1(C)CN2C(=O)/C(=N/O)C(=N)N(Cc3ccc(Cl)cc3)C2=N1. The molecular weight excluding hydrogens is 318 g/mol. The largest absolute Gasteiger partial charge is 0.410 e. The molecule has 1 amide bonds. The first-order valence-corrected chi connectivity index (χ1v) is 7.45. The lowest BCUT2D eigenvalue weighted by atomic mass is 10.1. The van der Waals surface area contributed by atoms with E-state index >= 15 is 0 Å². The van der Waals surface area contributed by atoms with Crippen molar-refractivity contribution in [2.75, 3.05) is 6.54 Å². The highest BCUT2D eigenvalue weighted by Crippen LogP contribution is 2.27. The van der Waals surface area contributed by atoms with Crippen molar-refractivity contribution in [1.29, 1.82) is 5.41 Å². The number of fused-ring (bicyclic) bond motifs is 1. The third-order valence-electron chi connectivity index (χ3n) is 3.73. The number of halogens is 1. The van der Waals surface area contributed by atoms with Crippen molar-refractivity contribution < 1.29 is 10.0 Å². The molecule has 0 aliphatic carbocycles. The van der Waals surface area contributed by atoms with Gasteiger partial charge >= 0.3 is 0 Å². The highest BCUT2D eigenvalue weighted by atomic mass is 35.5. The van der Waals surface area contributed by atoms with Crippen molar-refractivity contribution >= 4 is 35.0 Å². The zero-order valence-corrected chi connectivity index (χ0v) is 13.5. The molecule has 0 spiro atoms. The molecule has 23 heavy (non-hydrogen) atoms. The van der Waals surface area contributed by atoms with E-state index in [9.17, 15) is 4.79 Å². The fourth-order valence-electron chi connectivity index (χ4n) is 2.66. The lowest BCUT2D eigenvalue weighted by molar-refractivity contribution is -0.121. The van der Waals surface area contributed by atoms with Crippen LogP contribution >= 0.6 is 11.6 Å². The fourth-order valence-corrected chi connectivity index (χ4v) is 2.79. The molecule has 7 nitrogen and oxygen atoms in total. The van der Waals surface area contributed by atoms with E-state index in [0.29, 0.717) is 24.1 Å². The van der Waals surface area contributed by atoms with E-state index in [4.69, 9.17) is 22.2 Å². The summed E-state index contributed by atoms with van der Waals surface area (Å²) in [4.78, 5) is 19.9. The quantitative estimate of drug-likeness (QED) is 0.640. The Kier molecular flexibility index (Phi) is 3.60. The van der Waals surface area contributed by atoms with Gasteiger partial charge in [-0.1, -0.05) is 28.9 Å². The van der Waals surface area contributed by atoms with Crippen LogP contribution in [0.1, 0.15) is 19.4 Å². The first kappa shape index (κ1) is 15.5. The van der Waals surface area contributed by atoms with Crippen LogP contribution < -0.4 is 0 Å². The number of aliphatic imine (C=N–C) groups is 1. The number of oxime groups is 1. The summed E-state index contributed by atoms with van der Waals surface area (Å²) >= 11 is 5.89. The van der Waals surface area contributed by atoms with Crippen molar-refractivity contribution in [3.05, 3.63) is 34.9 Å². The van der Waals surface area contributed by atoms with Crippen LogP contribution in [0.15, 0.2) is 34.4 Å². The maximum absolute atomic E-state index is 12.3. The third kappa shape index (κ3) is 2.68. The van der Waals surface area contributed by atoms with E-state index in [1.54, 1.807) is 17.0 Å². The number of nitrogens with one attached hydrogen (secondary N) is 1. The number of guanidine groups is 1. The summed E-state index contributed by atoms with van der Waals surface area (Å²) in [5.74, 6) is -0.262. The van der Waals surface area contributed by atoms with Gasteiger partial charge in [0.25, 0.3) is 5.91 Å². The number of nitrogens with zero attached hydrogens (tertiary/aromatic N) is 4. The Morgan fingerprint density at radius 2 is 2.04 bits per heavy atom. The van der Waals surface area contributed by atoms with Crippen LogP contribution in [-0.2, 0) is 11.3 Å². The van der Waals surface area contributed by atoms with E-state index in [2.05, 4.69) is 10.1 Å². The van der Waals surface area contributed by atoms with Gasteiger partial charge in [-0.05, 0) is 31.5 Å². The predicted octanol–water partition coefficient (Wildman–Crippen LogP) is 1.94. The van der Waals surface area contributed by atoms with Gasteiger partial charge in [0.15, 0.2) is 5.84 Å². The van der Waals surface area contributed by atoms with Gasteiger partial charge < -0.3 is 5.21 Å². The van der Waals surface area contributed by atoms with Gasteiger partial charge in [0.2, 0.25) is 11.7 Å². The molecule has 2 N–H and O–H groups in total. The molecule has 1 aromatic carbocycles. The minimum atomic E-state index is -0.505. The molecule has 0 saturated carbocycles. The van der Waals surface area contributed by atoms with E-state index < -0.39 is 11.4 Å². The molecule has 2 heterocycles. The molecule has 2 aliphatic heterocycles. The van der Waals surface area contributed by atoms with Crippen LogP contribution in [0.5, 0.6) is 0 Å². The van der Waals surface area contributed by atoms with Gasteiger partial charge in [0, 0.05) is 5.02 Å². The summed E-state index contributed by atoms with van der Waals surface area (Å²) in [6.07, 6.45) is 0. The summed E-state index contributed by atoms with van der Waals surface area (Å²) < 4.78 is 0. The van der Waals surface area contributed by atoms with E-state index in [1.807, 2.05) is 26.0 Å². The van der Waals surface area contributed by atoms with Gasteiger partial charge in [-0.25, -0.2) is 4.99 Å². The second-order valence-electron chi connectivity index (χ2n) is 6.13. The average molecular weight is 334 g/mol. The van der Waals surface area contributed by atoms with Gasteiger partial charge in [-0.3, -0.25) is 20.0 Å². The first-order valence-electron chi connectivity index (χ1n) is 7.07. The maximum Gasteiger partial charge on any atom is 0.286 e. The molecule has 1 saturated heterocycles. The molecule has 0 bridgehead atoms. The van der Waals surface area contributed by atoms with Gasteiger partial charge in [-0.15, -0.1) is 0 Å². The molecule has 0 atom stereocenters. The first-order chi connectivity index (χ1) is 10.8. The standard InChI is InChI=1S/C15H16ClN5O2/c1-15(2)8-21-13(22)11(19-23)12(17)20(14(21)18-15)7-9-3-5-10(16)6-4-9/h3-6,17,23H,7-8H2,1-2H3/b17-12?,19-11+. The van der Waals surface area contributed by atoms with Crippen LogP contribution in [0.4, 0.5) is 0 Å². The minimum absolute atomic E-state index is 0.167. The smallest absolute Gasteiger partial charge is 0.286 e. The number of carbonyl (C=O) groups excluding carboxylic acids is 1. The van der Waals surface area contributed by atoms with Crippen LogP contribution in [0.3, 0.4) is 0 Å². The number of carbonyl (C=O) groups is 1. The van der Waals surface area contributed by atoms with E-state index in [-0.39, 0.29) is 11.5 Å². The monoisotopic (exact) mass is 333 g/mol. The Morgan fingerprint density at radius 1 is 1.39 bits per heavy atom. The lowest BCUT2D eigenvalue weighted by Crippen LogP contribution is -2.59. The summed E-state index contributed by atoms with van der Waals surface area (Å²) in [6.45, 7) is 4.52. The topological polar surface area (TPSA) is 92.3 Å². The van der Waals surface area contributed by atoms with Crippen LogP contribution in [0, 0.1) is 5.41 Å². The Hall–Kier alpha value is -2.41. The third-order valence-corrected chi connectivity index (χ3v) is 3.98. The Morgan fingerprint density at radius 3 is 2.65 bits per heavy atom. The Bertz CT molecular complexity index is 739. The summed E-state index contributed by atoms with van der Waals surface area (Å²) in [6, 6.07) is 7.20. The zero-order chi connectivity index (χ0) is 16.8. The van der Waals surface area contributed by atoms with Gasteiger partial charge in [-0.2, -0.15) is 0 Å². The molecule has 2 aliphatic rings. The molecular formula is C15H16ClN5O2. The molecule has 1 aromatic rings. The number of hydrogen-bond acceptors (Lipinski definition) is 5. The second-order valence-corrected chi connectivity index (χ2v) is 6.56. The highest BCUT2D eigenvalue weighted by Gasteiger charge is 2.46. The molecule has 0 radical (unpaired) electrons. The minimum Gasteiger partial charge on any atom is -0.410 e. The molecule has 1 fully saturated rings. The van der Waals surface area contributed by atoms with E-state index in [0.717, 1.165) is 5.56 Å². The molecule has 3 rings (SSSR count). The average Bonchev–Trinajstić information content (AvgIpc) is 2.82. The van der Waals surface area contributed by atoms with Crippen LogP contribution in [0.25, 0.3) is 0 Å². The zero-order valence-electron chi connectivity index (χ0n) is 12.7. The Balaban J connectivity index is 2.00.